The molecule has 1 heterocycles. The second-order valence-corrected chi connectivity index (χ2v) is 7.43. The van der Waals surface area contributed by atoms with Crippen LogP contribution >= 0.6 is 23.5 Å². The molecule has 0 aliphatic carbocycles. The summed E-state index contributed by atoms with van der Waals surface area (Å²) in [6.07, 6.45) is 0. The van der Waals surface area contributed by atoms with Gasteiger partial charge in [-0.3, -0.25) is 9.69 Å². The average Bonchev–Trinajstić information content (AvgIpc) is 3.04. The molecule has 1 aliphatic rings. The van der Waals surface area contributed by atoms with E-state index in [2.05, 4.69) is 4.99 Å². The quantitative estimate of drug-likeness (QED) is 0.753. The van der Waals surface area contributed by atoms with Crippen molar-refractivity contribution in [2.75, 3.05) is 18.1 Å². The number of amidine groups is 1. The summed E-state index contributed by atoms with van der Waals surface area (Å²) < 4.78 is 12.9. The summed E-state index contributed by atoms with van der Waals surface area (Å²) in [4.78, 5) is 19.8. The van der Waals surface area contributed by atoms with Crippen molar-refractivity contribution in [1.29, 1.82) is 0 Å². The van der Waals surface area contributed by atoms with Crippen molar-refractivity contribution in [2.24, 2.45) is 4.99 Å². The van der Waals surface area contributed by atoms with Gasteiger partial charge in [0.1, 0.15) is 5.82 Å². The number of rotatable bonds is 4. The molecule has 0 spiro atoms. The van der Waals surface area contributed by atoms with Crippen molar-refractivity contribution in [1.82, 2.24) is 4.90 Å². The molecule has 1 fully saturated rings. The highest BCUT2D eigenvalue weighted by Gasteiger charge is 2.25. The number of thioether (sulfide) groups is 2. The summed E-state index contributed by atoms with van der Waals surface area (Å²) in [5.74, 6) is 0.937. The van der Waals surface area contributed by atoms with Crippen LogP contribution in [0.15, 0.2) is 58.4 Å². The molecular formula is C18H17FN2OS2. The third-order valence-corrected chi connectivity index (χ3v) is 5.54. The van der Waals surface area contributed by atoms with E-state index in [9.17, 15) is 9.18 Å². The minimum absolute atomic E-state index is 0.0293. The number of carbonyl (C=O) groups is 1. The molecule has 1 saturated heterocycles. The number of hydrogen-bond donors (Lipinski definition) is 0. The molecule has 6 heteroatoms. The van der Waals surface area contributed by atoms with Crippen LogP contribution in [0.1, 0.15) is 5.56 Å². The van der Waals surface area contributed by atoms with E-state index >= 15 is 0 Å². The first-order chi connectivity index (χ1) is 11.6. The molecule has 3 nitrogen and oxygen atoms in total. The minimum atomic E-state index is -0.269. The van der Waals surface area contributed by atoms with Gasteiger partial charge in [0, 0.05) is 17.2 Å². The van der Waals surface area contributed by atoms with Gasteiger partial charge >= 0.3 is 0 Å². The molecule has 0 aromatic heterocycles. The van der Waals surface area contributed by atoms with E-state index in [1.165, 1.54) is 23.9 Å². The maximum Gasteiger partial charge on any atom is 0.238 e. The number of amides is 1. The number of benzene rings is 2. The lowest BCUT2D eigenvalue weighted by Crippen LogP contribution is -2.33. The molecule has 3 rings (SSSR count). The number of aliphatic imine (C=N–C) groups is 1. The Bertz CT molecular complexity index is 762. The Morgan fingerprint density at radius 2 is 2.00 bits per heavy atom. The van der Waals surface area contributed by atoms with E-state index in [1.54, 1.807) is 28.8 Å². The number of halogens is 1. The van der Waals surface area contributed by atoms with E-state index in [0.29, 0.717) is 12.3 Å². The van der Waals surface area contributed by atoms with Gasteiger partial charge in [-0.1, -0.05) is 30.0 Å². The standard InChI is InChI=1S/C18H17FN2OS2/c1-13-4-2-3-5-16(13)20-18-21(10-11-23-18)17(22)12-24-15-8-6-14(19)7-9-15/h2-9H,10-12H2,1H3. The first-order valence-electron chi connectivity index (χ1n) is 7.59. The summed E-state index contributed by atoms with van der Waals surface area (Å²) in [5.41, 5.74) is 1.98. The zero-order chi connectivity index (χ0) is 16.9. The number of para-hydroxylation sites is 1. The Hall–Kier alpha value is -1.79. The average molecular weight is 360 g/mol. The minimum Gasteiger partial charge on any atom is -0.290 e. The van der Waals surface area contributed by atoms with Gasteiger partial charge in [0.25, 0.3) is 0 Å². The number of carbonyl (C=O) groups excluding carboxylic acids is 1. The molecular weight excluding hydrogens is 343 g/mol. The van der Waals surface area contributed by atoms with Crippen molar-refractivity contribution in [2.45, 2.75) is 11.8 Å². The van der Waals surface area contributed by atoms with Crippen LogP contribution in [-0.2, 0) is 4.79 Å². The summed E-state index contributed by atoms with van der Waals surface area (Å²) >= 11 is 3.02. The predicted octanol–water partition coefficient (Wildman–Crippen LogP) is 4.49. The molecule has 0 unspecified atom stereocenters. The topological polar surface area (TPSA) is 32.7 Å². The molecule has 0 bridgehead atoms. The molecule has 0 radical (unpaired) electrons. The fourth-order valence-corrected chi connectivity index (χ4v) is 4.01. The van der Waals surface area contributed by atoms with Crippen LogP contribution in [0, 0.1) is 12.7 Å². The number of aryl methyl sites for hydroxylation is 1. The van der Waals surface area contributed by atoms with Gasteiger partial charge in [0.15, 0.2) is 5.17 Å². The SMILES string of the molecule is Cc1ccccc1N=C1SCCN1C(=O)CSc1ccc(F)cc1. The van der Waals surface area contributed by atoms with Crippen LogP contribution in [0.4, 0.5) is 10.1 Å². The predicted molar refractivity (Wildman–Crippen MR) is 99.6 cm³/mol. The maximum absolute atomic E-state index is 12.9. The Morgan fingerprint density at radius 3 is 2.75 bits per heavy atom. The second-order valence-electron chi connectivity index (χ2n) is 5.32. The van der Waals surface area contributed by atoms with E-state index in [4.69, 9.17) is 0 Å². The molecule has 2 aromatic carbocycles. The van der Waals surface area contributed by atoms with Crippen molar-refractivity contribution < 1.29 is 9.18 Å². The zero-order valence-corrected chi connectivity index (χ0v) is 14.9. The molecule has 24 heavy (non-hydrogen) atoms. The van der Waals surface area contributed by atoms with Crippen LogP contribution < -0.4 is 0 Å². The van der Waals surface area contributed by atoms with Gasteiger partial charge < -0.3 is 0 Å². The molecule has 1 amide bonds. The number of hydrogen-bond acceptors (Lipinski definition) is 4. The van der Waals surface area contributed by atoms with E-state index in [1.807, 2.05) is 31.2 Å². The fourth-order valence-electron chi connectivity index (χ4n) is 2.27. The largest absolute Gasteiger partial charge is 0.290 e. The monoisotopic (exact) mass is 360 g/mol. The fraction of sp³-hybridized carbons (Fsp3) is 0.222. The first-order valence-corrected chi connectivity index (χ1v) is 9.56. The zero-order valence-electron chi connectivity index (χ0n) is 13.2. The van der Waals surface area contributed by atoms with E-state index < -0.39 is 0 Å². The van der Waals surface area contributed by atoms with Crippen LogP contribution in [0.25, 0.3) is 0 Å². The lowest BCUT2D eigenvalue weighted by atomic mass is 10.2. The van der Waals surface area contributed by atoms with E-state index in [-0.39, 0.29) is 11.7 Å². The molecule has 1 aliphatic heterocycles. The molecule has 0 atom stereocenters. The van der Waals surface area contributed by atoms with Crippen molar-refractivity contribution in [3.8, 4) is 0 Å². The highest BCUT2D eigenvalue weighted by Crippen LogP contribution is 2.26. The summed E-state index contributed by atoms with van der Waals surface area (Å²) in [7, 11) is 0. The van der Waals surface area contributed by atoms with Crippen LogP contribution in [0.5, 0.6) is 0 Å². The van der Waals surface area contributed by atoms with E-state index in [0.717, 1.165) is 27.1 Å². The van der Waals surface area contributed by atoms with Gasteiger partial charge in [0.2, 0.25) is 5.91 Å². The van der Waals surface area contributed by atoms with Gasteiger partial charge in [-0.05, 0) is 42.8 Å². The first kappa shape index (κ1) is 17.0. The summed E-state index contributed by atoms with van der Waals surface area (Å²) in [6.45, 7) is 2.69. The van der Waals surface area contributed by atoms with Gasteiger partial charge in [-0.15, -0.1) is 11.8 Å². The molecule has 0 saturated carbocycles. The Kier molecular flexibility index (Phi) is 5.58. The Labute approximate surface area is 149 Å². The highest BCUT2D eigenvalue weighted by molar-refractivity contribution is 8.14. The van der Waals surface area contributed by atoms with Crippen LogP contribution in [0.2, 0.25) is 0 Å². The lowest BCUT2D eigenvalue weighted by molar-refractivity contribution is -0.124. The maximum atomic E-state index is 12.9. The second kappa shape index (κ2) is 7.85. The third-order valence-electron chi connectivity index (χ3n) is 3.59. The van der Waals surface area contributed by atoms with Crippen molar-refractivity contribution in [3.63, 3.8) is 0 Å². The molecule has 124 valence electrons. The van der Waals surface area contributed by atoms with Crippen molar-refractivity contribution >= 4 is 40.3 Å². The third kappa shape index (κ3) is 4.19. The van der Waals surface area contributed by atoms with Gasteiger partial charge in [-0.25, -0.2) is 9.38 Å². The normalized spacial score (nSPS) is 15.9. The van der Waals surface area contributed by atoms with Gasteiger partial charge in [-0.2, -0.15) is 0 Å². The smallest absolute Gasteiger partial charge is 0.238 e. The molecule has 2 aromatic rings. The number of nitrogens with zero attached hydrogens (tertiary/aromatic N) is 2. The summed E-state index contributed by atoms with van der Waals surface area (Å²) in [5, 5.41) is 0.758. The highest BCUT2D eigenvalue weighted by atomic mass is 32.2. The Balaban J connectivity index is 1.67. The summed E-state index contributed by atoms with van der Waals surface area (Å²) in [6, 6.07) is 14.1. The Morgan fingerprint density at radius 1 is 1.25 bits per heavy atom. The molecule has 0 N–H and O–H groups in total. The van der Waals surface area contributed by atoms with Crippen LogP contribution in [-0.4, -0.2) is 34.0 Å². The lowest BCUT2D eigenvalue weighted by Gasteiger charge is -2.16. The van der Waals surface area contributed by atoms with Crippen molar-refractivity contribution in [3.05, 3.63) is 59.9 Å². The van der Waals surface area contributed by atoms with Gasteiger partial charge in [0.05, 0.1) is 11.4 Å². The van der Waals surface area contributed by atoms with Crippen LogP contribution in [0.3, 0.4) is 0 Å².